The molecule has 0 bridgehead atoms. The minimum atomic E-state index is 0.510. The Hall–Kier alpha value is -2.13. The first-order chi connectivity index (χ1) is 10.8. The molecule has 0 atom stereocenters. The van der Waals surface area contributed by atoms with Gasteiger partial charge in [0.1, 0.15) is 12.4 Å². The van der Waals surface area contributed by atoms with Crippen LogP contribution in [0.25, 0.3) is 0 Å². The Bertz CT molecular complexity index is 620. The van der Waals surface area contributed by atoms with Crippen LogP contribution in [0.15, 0.2) is 60.3 Å². The van der Waals surface area contributed by atoms with Gasteiger partial charge in [-0.05, 0) is 43.2 Å². The van der Waals surface area contributed by atoms with Gasteiger partial charge in [-0.3, -0.25) is 9.88 Å². The van der Waals surface area contributed by atoms with E-state index in [0.717, 1.165) is 31.1 Å². The van der Waals surface area contributed by atoms with E-state index < -0.39 is 0 Å². The van der Waals surface area contributed by atoms with Crippen LogP contribution in [0.2, 0.25) is 0 Å². The molecule has 1 aliphatic heterocycles. The van der Waals surface area contributed by atoms with E-state index in [1.807, 2.05) is 30.3 Å². The van der Waals surface area contributed by atoms with Crippen LogP contribution in [0.5, 0.6) is 5.75 Å². The maximum absolute atomic E-state index is 5.77. The normalized spacial score (nSPS) is 15.4. The second-order valence-corrected chi connectivity index (χ2v) is 5.79. The Morgan fingerprint density at radius 1 is 1.14 bits per heavy atom. The van der Waals surface area contributed by atoms with Crippen molar-refractivity contribution in [3.63, 3.8) is 0 Å². The van der Waals surface area contributed by atoms with Crippen molar-refractivity contribution >= 4 is 0 Å². The smallest absolute Gasteiger partial charge is 0.130 e. The van der Waals surface area contributed by atoms with Gasteiger partial charge < -0.3 is 4.74 Å². The molecule has 1 aromatic heterocycles. The number of ether oxygens (including phenoxy) is 1. The first-order valence-electron chi connectivity index (χ1n) is 7.79. The van der Waals surface area contributed by atoms with Crippen LogP contribution in [0, 0.1) is 0 Å². The fourth-order valence-corrected chi connectivity index (χ4v) is 2.55. The van der Waals surface area contributed by atoms with Gasteiger partial charge in [-0.15, -0.1) is 0 Å². The molecular formula is C19H22N2O. The summed E-state index contributed by atoms with van der Waals surface area (Å²) in [6.07, 6.45) is 5.30. The SMILES string of the molecule is CC1=CCN(Cc2ccc(OCc3ccccn3)cc2)CC1. The molecule has 0 aliphatic carbocycles. The lowest BCUT2D eigenvalue weighted by Gasteiger charge is -2.25. The number of aromatic nitrogens is 1. The molecule has 0 saturated heterocycles. The van der Waals surface area contributed by atoms with Crippen LogP contribution in [0.3, 0.4) is 0 Å². The highest BCUT2D eigenvalue weighted by molar-refractivity contribution is 5.27. The van der Waals surface area contributed by atoms with Crippen LogP contribution in [-0.2, 0) is 13.2 Å². The molecule has 0 saturated carbocycles. The van der Waals surface area contributed by atoms with Gasteiger partial charge in [0.05, 0.1) is 5.69 Å². The van der Waals surface area contributed by atoms with Crippen molar-refractivity contribution < 1.29 is 4.74 Å². The van der Waals surface area contributed by atoms with E-state index in [4.69, 9.17) is 4.74 Å². The quantitative estimate of drug-likeness (QED) is 0.784. The first-order valence-corrected chi connectivity index (χ1v) is 7.79. The van der Waals surface area contributed by atoms with Crippen LogP contribution in [0.1, 0.15) is 24.6 Å². The second kappa shape index (κ2) is 7.23. The number of benzene rings is 1. The van der Waals surface area contributed by atoms with E-state index in [0.29, 0.717) is 6.61 Å². The third-order valence-corrected chi connectivity index (χ3v) is 3.96. The molecule has 114 valence electrons. The fraction of sp³-hybridized carbons (Fsp3) is 0.316. The Balaban J connectivity index is 1.52. The molecule has 3 nitrogen and oxygen atoms in total. The molecule has 0 fully saturated rings. The summed E-state index contributed by atoms with van der Waals surface area (Å²) >= 11 is 0. The lowest BCUT2D eigenvalue weighted by atomic mass is 10.1. The molecule has 2 aromatic rings. The Morgan fingerprint density at radius 3 is 2.68 bits per heavy atom. The monoisotopic (exact) mass is 294 g/mol. The van der Waals surface area contributed by atoms with Crippen molar-refractivity contribution in [3.05, 3.63) is 71.6 Å². The number of hydrogen-bond acceptors (Lipinski definition) is 3. The van der Waals surface area contributed by atoms with Crippen molar-refractivity contribution in [2.75, 3.05) is 13.1 Å². The Labute approximate surface area is 132 Å². The maximum Gasteiger partial charge on any atom is 0.130 e. The van der Waals surface area contributed by atoms with Crippen molar-refractivity contribution in [1.82, 2.24) is 9.88 Å². The lowest BCUT2D eigenvalue weighted by molar-refractivity contribution is 0.285. The van der Waals surface area contributed by atoms with Crippen LogP contribution >= 0.6 is 0 Å². The third-order valence-electron chi connectivity index (χ3n) is 3.96. The van der Waals surface area contributed by atoms with Gasteiger partial charge in [-0.1, -0.05) is 29.8 Å². The molecule has 0 amide bonds. The van der Waals surface area contributed by atoms with Gasteiger partial charge in [0, 0.05) is 25.8 Å². The molecule has 1 aromatic carbocycles. The molecule has 0 radical (unpaired) electrons. The zero-order chi connectivity index (χ0) is 15.2. The van der Waals surface area contributed by atoms with E-state index in [1.165, 1.54) is 17.6 Å². The molecule has 0 unspecified atom stereocenters. The van der Waals surface area contributed by atoms with Gasteiger partial charge in [-0.25, -0.2) is 0 Å². The summed E-state index contributed by atoms with van der Waals surface area (Å²) < 4.78 is 5.77. The average Bonchev–Trinajstić information content (AvgIpc) is 2.57. The molecule has 3 rings (SSSR count). The third kappa shape index (κ3) is 4.18. The molecule has 0 N–H and O–H groups in total. The van der Waals surface area contributed by atoms with Crippen LogP contribution < -0.4 is 4.74 Å². The summed E-state index contributed by atoms with van der Waals surface area (Å²) in [5.41, 5.74) is 3.79. The average molecular weight is 294 g/mol. The summed E-state index contributed by atoms with van der Waals surface area (Å²) in [6, 6.07) is 14.3. The second-order valence-electron chi connectivity index (χ2n) is 5.79. The first kappa shape index (κ1) is 14.8. The van der Waals surface area contributed by atoms with Gasteiger partial charge in [-0.2, -0.15) is 0 Å². The highest BCUT2D eigenvalue weighted by Gasteiger charge is 2.09. The van der Waals surface area contributed by atoms with Gasteiger partial charge in [0.2, 0.25) is 0 Å². The summed E-state index contributed by atoms with van der Waals surface area (Å²) in [4.78, 5) is 6.73. The Kier molecular flexibility index (Phi) is 4.86. The lowest BCUT2D eigenvalue weighted by Crippen LogP contribution is -2.27. The predicted molar refractivity (Wildman–Crippen MR) is 88.7 cm³/mol. The molecule has 22 heavy (non-hydrogen) atoms. The summed E-state index contributed by atoms with van der Waals surface area (Å²) in [7, 11) is 0. The highest BCUT2D eigenvalue weighted by atomic mass is 16.5. The van der Waals surface area contributed by atoms with E-state index >= 15 is 0 Å². The maximum atomic E-state index is 5.77. The van der Waals surface area contributed by atoms with E-state index in [9.17, 15) is 0 Å². The van der Waals surface area contributed by atoms with E-state index in [-0.39, 0.29) is 0 Å². The van der Waals surface area contributed by atoms with Gasteiger partial charge in [0.25, 0.3) is 0 Å². The Morgan fingerprint density at radius 2 is 2.00 bits per heavy atom. The summed E-state index contributed by atoms with van der Waals surface area (Å²) in [5, 5.41) is 0. The van der Waals surface area contributed by atoms with Crippen molar-refractivity contribution in [1.29, 1.82) is 0 Å². The van der Waals surface area contributed by atoms with Gasteiger partial charge >= 0.3 is 0 Å². The molecule has 0 spiro atoms. The number of rotatable bonds is 5. The molecule has 1 aliphatic rings. The summed E-state index contributed by atoms with van der Waals surface area (Å²) in [6.45, 7) is 5.94. The van der Waals surface area contributed by atoms with Crippen molar-refractivity contribution in [2.45, 2.75) is 26.5 Å². The fourth-order valence-electron chi connectivity index (χ4n) is 2.55. The van der Waals surface area contributed by atoms with Crippen molar-refractivity contribution in [2.24, 2.45) is 0 Å². The number of nitrogens with zero attached hydrogens (tertiary/aromatic N) is 2. The molecule has 2 heterocycles. The molecular weight excluding hydrogens is 272 g/mol. The van der Waals surface area contributed by atoms with Crippen LogP contribution in [0.4, 0.5) is 0 Å². The number of pyridine rings is 1. The van der Waals surface area contributed by atoms with Gasteiger partial charge in [0.15, 0.2) is 0 Å². The standard InChI is InChI=1S/C19H22N2O/c1-16-9-12-21(13-10-16)14-17-5-7-19(8-6-17)22-15-18-4-2-3-11-20-18/h2-9,11H,10,12-15H2,1H3. The summed E-state index contributed by atoms with van der Waals surface area (Å²) in [5.74, 6) is 0.892. The predicted octanol–water partition coefficient (Wildman–Crippen LogP) is 3.81. The van der Waals surface area contributed by atoms with E-state index in [2.05, 4.69) is 35.0 Å². The van der Waals surface area contributed by atoms with Crippen molar-refractivity contribution in [3.8, 4) is 5.75 Å². The van der Waals surface area contributed by atoms with E-state index in [1.54, 1.807) is 6.20 Å². The highest BCUT2D eigenvalue weighted by Crippen LogP contribution is 2.17. The van der Waals surface area contributed by atoms with Crippen LogP contribution in [-0.4, -0.2) is 23.0 Å². The number of hydrogen-bond donors (Lipinski definition) is 0. The minimum Gasteiger partial charge on any atom is -0.487 e. The minimum absolute atomic E-state index is 0.510. The molecule has 3 heteroatoms. The topological polar surface area (TPSA) is 25.4 Å². The largest absolute Gasteiger partial charge is 0.487 e. The zero-order valence-corrected chi connectivity index (χ0v) is 13.0. The zero-order valence-electron chi connectivity index (χ0n) is 13.0.